The minimum atomic E-state index is -1.06. The third kappa shape index (κ3) is 3.86. The van der Waals surface area contributed by atoms with Gasteiger partial charge in [-0.15, -0.1) is 0 Å². The van der Waals surface area contributed by atoms with Crippen molar-refractivity contribution < 1.29 is 18.3 Å². The van der Waals surface area contributed by atoms with Crippen LogP contribution in [0, 0.1) is 11.6 Å². The Morgan fingerprint density at radius 2 is 1.90 bits per heavy atom. The molecule has 5 heteroatoms. The molecule has 0 spiro atoms. The van der Waals surface area contributed by atoms with Gasteiger partial charge in [0.25, 0.3) is 0 Å². The normalized spacial score (nSPS) is 12.2. The highest BCUT2D eigenvalue weighted by atomic mass is 35.5. The van der Waals surface area contributed by atoms with Gasteiger partial charge in [-0.25, -0.2) is 8.78 Å². The summed E-state index contributed by atoms with van der Waals surface area (Å²) < 4.78 is 31.4. The topological polar surface area (TPSA) is 26.3 Å². The van der Waals surface area contributed by atoms with Crippen molar-refractivity contribution in [2.24, 2.45) is 0 Å². The highest BCUT2D eigenvalue weighted by Crippen LogP contribution is 2.18. The first kappa shape index (κ1) is 15.6. The third-order valence-corrected chi connectivity index (χ3v) is 3.39. The second-order valence-electron chi connectivity index (χ2n) is 4.54. The lowest BCUT2D eigenvalue weighted by molar-refractivity contribution is 0.0412. The Balaban J connectivity index is 2.03. The second-order valence-corrected chi connectivity index (χ2v) is 4.94. The van der Waals surface area contributed by atoms with Crippen molar-refractivity contribution in [2.75, 3.05) is 0 Å². The predicted molar refractivity (Wildman–Crippen MR) is 76.4 cm³/mol. The van der Waals surface area contributed by atoms with Crippen LogP contribution in [0.15, 0.2) is 42.5 Å². The van der Waals surface area contributed by atoms with Crippen LogP contribution < -0.4 is 0 Å². The van der Waals surface area contributed by atoms with Crippen LogP contribution in [-0.2, 0) is 11.3 Å². The maximum atomic E-state index is 13.1. The molecule has 0 aliphatic carbocycles. The standard InChI is InChI=1S/C16H13ClF2O2/c1-10(21-9-12-4-2-3-5-13(12)17)16(20)11-6-7-14(18)15(19)8-11/h2-8,10H,9H2,1H3. The van der Waals surface area contributed by atoms with Crippen molar-refractivity contribution >= 4 is 17.4 Å². The van der Waals surface area contributed by atoms with E-state index in [1.807, 2.05) is 6.07 Å². The Labute approximate surface area is 126 Å². The molecule has 0 N–H and O–H groups in total. The largest absolute Gasteiger partial charge is 0.366 e. The summed E-state index contributed by atoms with van der Waals surface area (Å²) in [6, 6.07) is 10.1. The lowest BCUT2D eigenvalue weighted by Crippen LogP contribution is -2.21. The van der Waals surface area contributed by atoms with Gasteiger partial charge in [0.1, 0.15) is 6.10 Å². The van der Waals surface area contributed by atoms with Crippen molar-refractivity contribution in [3.63, 3.8) is 0 Å². The summed E-state index contributed by atoms with van der Waals surface area (Å²) in [5.41, 5.74) is 0.824. The van der Waals surface area contributed by atoms with Crippen LogP contribution in [-0.4, -0.2) is 11.9 Å². The number of benzene rings is 2. The van der Waals surface area contributed by atoms with Crippen LogP contribution >= 0.6 is 11.6 Å². The zero-order chi connectivity index (χ0) is 15.4. The average Bonchev–Trinajstić information content (AvgIpc) is 2.48. The van der Waals surface area contributed by atoms with Gasteiger partial charge in [-0.1, -0.05) is 29.8 Å². The summed E-state index contributed by atoms with van der Waals surface area (Å²) >= 11 is 5.99. The van der Waals surface area contributed by atoms with Gasteiger partial charge in [-0.2, -0.15) is 0 Å². The van der Waals surface area contributed by atoms with Crippen LogP contribution in [0.1, 0.15) is 22.8 Å². The number of halogens is 3. The molecule has 0 aromatic heterocycles. The molecule has 2 nitrogen and oxygen atoms in total. The molecule has 21 heavy (non-hydrogen) atoms. The highest BCUT2D eigenvalue weighted by Gasteiger charge is 2.18. The zero-order valence-corrected chi connectivity index (χ0v) is 12.0. The van der Waals surface area contributed by atoms with Crippen LogP contribution in [0.2, 0.25) is 5.02 Å². The summed E-state index contributed by atoms with van der Waals surface area (Å²) in [6.07, 6.45) is -0.786. The van der Waals surface area contributed by atoms with Crippen molar-refractivity contribution in [3.05, 3.63) is 70.2 Å². The minimum Gasteiger partial charge on any atom is -0.366 e. The molecular weight excluding hydrogens is 298 g/mol. The van der Waals surface area contributed by atoms with E-state index in [0.717, 1.165) is 17.7 Å². The first-order valence-corrected chi connectivity index (χ1v) is 6.71. The van der Waals surface area contributed by atoms with Crippen LogP contribution in [0.4, 0.5) is 8.78 Å². The molecule has 0 fully saturated rings. The van der Waals surface area contributed by atoms with Crippen LogP contribution in [0.25, 0.3) is 0 Å². The average molecular weight is 311 g/mol. The molecule has 0 aliphatic rings. The van der Waals surface area contributed by atoms with Crippen molar-refractivity contribution in [2.45, 2.75) is 19.6 Å². The first-order valence-electron chi connectivity index (χ1n) is 6.33. The molecule has 0 radical (unpaired) electrons. The maximum absolute atomic E-state index is 13.1. The maximum Gasteiger partial charge on any atom is 0.191 e. The van der Waals surface area contributed by atoms with Crippen LogP contribution in [0.5, 0.6) is 0 Å². The second kappa shape index (κ2) is 6.78. The van der Waals surface area contributed by atoms with E-state index in [0.29, 0.717) is 5.02 Å². The van der Waals surface area contributed by atoms with Crippen molar-refractivity contribution in [3.8, 4) is 0 Å². The Morgan fingerprint density at radius 1 is 1.19 bits per heavy atom. The summed E-state index contributed by atoms with van der Waals surface area (Å²) in [6.45, 7) is 1.72. The molecule has 0 saturated carbocycles. The van der Waals surface area contributed by atoms with Gasteiger partial charge < -0.3 is 4.74 Å². The van der Waals surface area contributed by atoms with Crippen molar-refractivity contribution in [1.82, 2.24) is 0 Å². The number of hydrogen-bond donors (Lipinski definition) is 0. The number of hydrogen-bond acceptors (Lipinski definition) is 2. The Bertz CT molecular complexity index is 658. The van der Waals surface area contributed by atoms with Gasteiger partial charge in [-0.3, -0.25) is 4.79 Å². The monoisotopic (exact) mass is 310 g/mol. The SMILES string of the molecule is CC(OCc1ccccc1Cl)C(=O)c1ccc(F)c(F)c1. The van der Waals surface area contributed by atoms with E-state index in [-0.39, 0.29) is 12.2 Å². The number of Topliss-reactive ketones (excluding diaryl/α,β-unsaturated/α-hetero) is 1. The molecule has 0 saturated heterocycles. The molecule has 0 heterocycles. The molecule has 2 aromatic carbocycles. The lowest BCUT2D eigenvalue weighted by Gasteiger charge is -2.13. The summed E-state index contributed by atoms with van der Waals surface area (Å²) in [5, 5.41) is 0.546. The van der Waals surface area contributed by atoms with Crippen molar-refractivity contribution in [1.29, 1.82) is 0 Å². The molecule has 2 rings (SSSR count). The molecule has 110 valence electrons. The lowest BCUT2D eigenvalue weighted by atomic mass is 10.1. The summed E-state index contributed by atoms with van der Waals surface area (Å²) in [4.78, 5) is 12.1. The fourth-order valence-corrected chi connectivity index (χ4v) is 1.98. The van der Waals surface area contributed by atoms with Gasteiger partial charge in [0.2, 0.25) is 0 Å². The van der Waals surface area contributed by atoms with Crippen LogP contribution in [0.3, 0.4) is 0 Å². The number of ketones is 1. The van der Waals surface area contributed by atoms with Gasteiger partial charge in [0.15, 0.2) is 17.4 Å². The summed E-state index contributed by atoms with van der Waals surface area (Å²) in [7, 11) is 0. The number of carbonyl (C=O) groups excluding carboxylic acids is 1. The van der Waals surface area contributed by atoms with Gasteiger partial charge in [-0.05, 0) is 36.8 Å². The predicted octanol–water partition coefficient (Wildman–Crippen LogP) is 4.41. The molecule has 0 bridgehead atoms. The quantitative estimate of drug-likeness (QED) is 0.765. The Morgan fingerprint density at radius 3 is 2.57 bits per heavy atom. The van der Waals surface area contributed by atoms with Gasteiger partial charge >= 0.3 is 0 Å². The number of rotatable bonds is 5. The first-order chi connectivity index (χ1) is 9.99. The number of carbonyl (C=O) groups is 1. The Hall–Kier alpha value is -1.78. The third-order valence-electron chi connectivity index (χ3n) is 3.02. The van der Waals surface area contributed by atoms with E-state index < -0.39 is 23.5 Å². The van der Waals surface area contributed by atoms with Gasteiger partial charge in [0, 0.05) is 10.6 Å². The van der Waals surface area contributed by atoms with Gasteiger partial charge in [0.05, 0.1) is 6.61 Å². The molecule has 0 amide bonds. The highest BCUT2D eigenvalue weighted by molar-refractivity contribution is 6.31. The van der Waals surface area contributed by atoms with E-state index in [1.165, 1.54) is 6.07 Å². The molecule has 2 aromatic rings. The minimum absolute atomic E-state index is 0.0700. The van der Waals surface area contributed by atoms with E-state index in [1.54, 1.807) is 25.1 Å². The molecule has 1 atom stereocenters. The number of ether oxygens (including phenoxy) is 1. The Kier molecular flexibility index (Phi) is 5.04. The molecular formula is C16H13ClF2O2. The summed E-state index contributed by atoms with van der Waals surface area (Å²) in [5.74, 6) is -2.46. The molecule has 1 unspecified atom stereocenters. The smallest absolute Gasteiger partial charge is 0.191 e. The zero-order valence-electron chi connectivity index (χ0n) is 11.3. The fraction of sp³-hybridized carbons (Fsp3) is 0.188. The van der Waals surface area contributed by atoms with E-state index in [9.17, 15) is 13.6 Å². The fourth-order valence-electron chi connectivity index (χ4n) is 1.79. The molecule has 0 aliphatic heterocycles. The van der Waals surface area contributed by atoms with E-state index >= 15 is 0 Å². The van der Waals surface area contributed by atoms with E-state index in [2.05, 4.69) is 0 Å². The van der Waals surface area contributed by atoms with E-state index in [4.69, 9.17) is 16.3 Å².